The molecule has 0 spiro atoms. The minimum Gasteiger partial charge on any atom is -0.312 e. The largest absolute Gasteiger partial charge is 0.312 e. The zero-order valence-corrected chi connectivity index (χ0v) is 13.7. The van der Waals surface area contributed by atoms with Gasteiger partial charge >= 0.3 is 0 Å². The van der Waals surface area contributed by atoms with E-state index in [4.69, 9.17) is 0 Å². The van der Waals surface area contributed by atoms with Crippen LogP contribution in [0, 0.1) is 0 Å². The molecule has 0 aliphatic rings. The Balaban J connectivity index is 0.00000200. The highest BCUT2D eigenvalue weighted by Gasteiger charge is 2.12. The van der Waals surface area contributed by atoms with E-state index in [-0.39, 0.29) is 18.2 Å². The van der Waals surface area contributed by atoms with E-state index in [1.54, 1.807) is 0 Å². The molecular formula is C11H17ClN4O2S2. The van der Waals surface area contributed by atoms with Crippen LogP contribution in [0.15, 0.2) is 18.2 Å². The van der Waals surface area contributed by atoms with E-state index in [0.717, 1.165) is 16.6 Å². The standard InChI is InChI=1S/C11H16N4O2S2.ClH/c1-15(2)19(16,17)7-6-12-8-9-4-3-5-10-11(9)14-18-13-10;/h3-5,12H,6-8H2,1-2H3;1H. The topological polar surface area (TPSA) is 75.2 Å². The van der Waals surface area contributed by atoms with Crippen LogP contribution < -0.4 is 5.32 Å². The van der Waals surface area contributed by atoms with E-state index in [1.807, 2.05) is 18.2 Å². The average Bonchev–Trinajstić information content (AvgIpc) is 2.83. The summed E-state index contributed by atoms with van der Waals surface area (Å²) >= 11 is 1.18. The highest BCUT2D eigenvalue weighted by atomic mass is 35.5. The van der Waals surface area contributed by atoms with E-state index in [0.29, 0.717) is 13.1 Å². The van der Waals surface area contributed by atoms with Gasteiger partial charge in [0.1, 0.15) is 11.0 Å². The molecule has 2 rings (SSSR count). The van der Waals surface area contributed by atoms with Crippen molar-refractivity contribution in [1.29, 1.82) is 0 Å². The lowest BCUT2D eigenvalue weighted by atomic mass is 10.2. The summed E-state index contributed by atoms with van der Waals surface area (Å²) in [6.07, 6.45) is 0. The minimum atomic E-state index is -3.14. The maximum atomic E-state index is 11.6. The minimum absolute atomic E-state index is 0. The smallest absolute Gasteiger partial charge is 0.214 e. The summed E-state index contributed by atoms with van der Waals surface area (Å²) in [4.78, 5) is 0. The van der Waals surface area contributed by atoms with E-state index in [1.165, 1.54) is 30.1 Å². The number of rotatable bonds is 6. The highest BCUT2D eigenvalue weighted by molar-refractivity contribution is 7.89. The van der Waals surface area contributed by atoms with Crippen LogP contribution in [0.2, 0.25) is 0 Å². The van der Waals surface area contributed by atoms with E-state index >= 15 is 0 Å². The summed E-state index contributed by atoms with van der Waals surface area (Å²) in [6.45, 7) is 1.00. The lowest BCUT2D eigenvalue weighted by molar-refractivity contribution is 0.517. The first-order chi connectivity index (χ1) is 9.00. The Morgan fingerprint density at radius 3 is 2.75 bits per heavy atom. The van der Waals surface area contributed by atoms with Crippen LogP contribution in [0.5, 0.6) is 0 Å². The Morgan fingerprint density at radius 2 is 2.05 bits per heavy atom. The molecule has 0 bridgehead atoms. The number of hydrogen-bond donors (Lipinski definition) is 1. The van der Waals surface area contributed by atoms with Crippen molar-refractivity contribution in [3.63, 3.8) is 0 Å². The van der Waals surface area contributed by atoms with Gasteiger partial charge in [0.15, 0.2) is 0 Å². The zero-order chi connectivity index (χ0) is 13.9. The van der Waals surface area contributed by atoms with Crippen LogP contribution in [0.1, 0.15) is 5.56 Å². The van der Waals surface area contributed by atoms with Crippen LogP contribution in [0.25, 0.3) is 11.0 Å². The molecule has 0 amide bonds. The third kappa shape index (κ3) is 4.10. The second kappa shape index (κ2) is 7.28. The Morgan fingerprint density at radius 1 is 1.30 bits per heavy atom. The molecule has 0 aliphatic carbocycles. The summed E-state index contributed by atoms with van der Waals surface area (Å²) < 4.78 is 32.8. The summed E-state index contributed by atoms with van der Waals surface area (Å²) in [6, 6.07) is 5.81. The molecule has 112 valence electrons. The second-order valence-electron chi connectivity index (χ2n) is 4.32. The molecule has 0 radical (unpaired) electrons. The summed E-state index contributed by atoms with van der Waals surface area (Å²) in [7, 11) is -0.0620. The summed E-state index contributed by atoms with van der Waals surface area (Å²) in [5.74, 6) is 0.0886. The van der Waals surface area contributed by atoms with Crippen molar-refractivity contribution in [3.05, 3.63) is 23.8 Å². The number of fused-ring (bicyclic) bond motifs is 1. The first-order valence-corrected chi connectivity index (χ1v) is 8.16. The van der Waals surface area contributed by atoms with Gasteiger partial charge in [-0.3, -0.25) is 0 Å². The van der Waals surface area contributed by atoms with Gasteiger partial charge in [0.25, 0.3) is 0 Å². The van der Waals surface area contributed by atoms with Crippen LogP contribution in [-0.2, 0) is 16.6 Å². The quantitative estimate of drug-likeness (QED) is 0.799. The normalized spacial score (nSPS) is 11.8. The molecule has 0 aliphatic heterocycles. The highest BCUT2D eigenvalue weighted by Crippen LogP contribution is 2.15. The van der Waals surface area contributed by atoms with Crippen LogP contribution >= 0.6 is 24.1 Å². The number of benzene rings is 1. The van der Waals surface area contributed by atoms with Gasteiger partial charge in [-0.25, -0.2) is 12.7 Å². The fourth-order valence-corrected chi connectivity index (χ4v) is 2.95. The predicted molar refractivity (Wildman–Crippen MR) is 83.8 cm³/mol. The first-order valence-electron chi connectivity index (χ1n) is 5.82. The molecule has 9 heteroatoms. The summed E-state index contributed by atoms with van der Waals surface area (Å²) in [5, 5.41) is 3.13. The Bertz CT molecular complexity index is 657. The number of sulfonamides is 1. The fraction of sp³-hybridized carbons (Fsp3) is 0.455. The van der Waals surface area contributed by atoms with Crippen molar-refractivity contribution in [1.82, 2.24) is 18.4 Å². The predicted octanol–water partition coefficient (Wildman–Crippen LogP) is 1.09. The van der Waals surface area contributed by atoms with E-state index in [9.17, 15) is 8.42 Å². The molecule has 0 saturated heterocycles. The molecule has 1 heterocycles. The van der Waals surface area contributed by atoms with Crippen molar-refractivity contribution in [2.45, 2.75) is 6.54 Å². The molecule has 0 atom stereocenters. The number of nitrogens with zero attached hydrogens (tertiary/aromatic N) is 3. The van der Waals surface area contributed by atoms with Crippen molar-refractivity contribution in [3.8, 4) is 0 Å². The van der Waals surface area contributed by atoms with Gasteiger partial charge in [-0.05, 0) is 11.6 Å². The number of halogens is 1. The van der Waals surface area contributed by atoms with Crippen molar-refractivity contribution in [2.24, 2.45) is 0 Å². The van der Waals surface area contributed by atoms with Gasteiger partial charge in [0.05, 0.1) is 17.5 Å². The fourth-order valence-electron chi connectivity index (χ4n) is 1.61. The maximum absolute atomic E-state index is 11.6. The SMILES string of the molecule is CN(C)S(=O)(=O)CCNCc1cccc2nsnc12.Cl. The number of aromatic nitrogens is 2. The summed E-state index contributed by atoms with van der Waals surface area (Å²) in [5.41, 5.74) is 2.80. The molecule has 2 aromatic rings. The van der Waals surface area contributed by atoms with E-state index < -0.39 is 10.0 Å². The Kier molecular flexibility index (Phi) is 6.28. The van der Waals surface area contributed by atoms with Crippen molar-refractivity contribution >= 4 is 45.2 Å². The molecule has 0 saturated carbocycles. The van der Waals surface area contributed by atoms with Gasteiger partial charge in [-0.1, -0.05) is 12.1 Å². The lowest BCUT2D eigenvalue weighted by Crippen LogP contribution is -2.31. The molecule has 1 N–H and O–H groups in total. The van der Waals surface area contributed by atoms with Gasteiger partial charge < -0.3 is 5.32 Å². The number of nitrogens with one attached hydrogen (secondary N) is 1. The lowest BCUT2D eigenvalue weighted by Gasteiger charge is -2.11. The monoisotopic (exact) mass is 336 g/mol. The van der Waals surface area contributed by atoms with Gasteiger partial charge in [-0.2, -0.15) is 8.75 Å². The van der Waals surface area contributed by atoms with E-state index in [2.05, 4.69) is 14.1 Å². The van der Waals surface area contributed by atoms with Crippen LogP contribution in [-0.4, -0.2) is 47.9 Å². The van der Waals surface area contributed by atoms with Crippen LogP contribution in [0.4, 0.5) is 0 Å². The van der Waals surface area contributed by atoms with Gasteiger partial charge in [-0.15, -0.1) is 12.4 Å². The third-order valence-electron chi connectivity index (χ3n) is 2.78. The molecule has 20 heavy (non-hydrogen) atoms. The molecule has 6 nitrogen and oxygen atoms in total. The maximum Gasteiger partial charge on any atom is 0.214 e. The Labute approximate surface area is 129 Å². The third-order valence-corrected chi connectivity index (χ3v) is 5.15. The van der Waals surface area contributed by atoms with Gasteiger partial charge in [0.2, 0.25) is 10.0 Å². The van der Waals surface area contributed by atoms with Crippen LogP contribution in [0.3, 0.4) is 0 Å². The van der Waals surface area contributed by atoms with Crippen molar-refractivity contribution < 1.29 is 8.42 Å². The molecular weight excluding hydrogens is 320 g/mol. The Hall–Kier alpha value is -0.800. The zero-order valence-electron chi connectivity index (χ0n) is 11.2. The number of hydrogen-bond acceptors (Lipinski definition) is 6. The second-order valence-corrected chi connectivity index (χ2v) is 7.16. The van der Waals surface area contributed by atoms with Gasteiger partial charge in [0, 0.05) is 27.2 Å². The average molecular weight is 337 g/mol. The molecule has 1 aromatic heterocycles. The molecule has 1 aromatic carbocycles. The molecule has 0 fully saturated rings. The molecule has 0 unspecified atom stereocenters. The first kappa shape index (κ1) is 17.3. The van der Waals surface area contributed by atoms with Crippen molar-refractivity contribution in [2.75, 3.05) is 26.4 Å².